The number of benzene rings is 2. The number of carbonyl (C=O) groups excluding carboxylic acids is 3. The molecule has 2 aromatic rings. The van der Waals surface area contributed by atoms with Crippen molar-refractivity contribution < 1.29 is 19.1 Å². The summed E-state index contributed by atoms with van der Waals surface area (Å²) in [6.45, 7) is 1.60. The van der Waals surface area contributed by atoms with Crippen molar-refractivity contribution in [3.05, 3.63) is 53.1 Å². The molecule has 0 spiro atoms. The highest BCUT2D eigenvalue weighted by Crippen LogP contribution is 2.33. The number of fused-ring (bicyclic) bond motifs is 1. The molecule has 30 heavy (non-hydrogen) atoms. The van der Waals surface area contributed by atoms with E-state index in [9.17, 15) is 14.4 Å². The van der Waals surface area contributed by atoms with E-state index in [2.05, 4.69) is 15.7 Å². The van der Waals surface area contributed by atoms with Crippen LogP contribution in [0.5, 0.6) is 5.75 Å². The number of carbonyl (C=O) groups is 3. The predicted molar refractivity (Wildman–Crippen MR) is 109 cm³/mol. The van der Waals surface area contributed by atoms with Crippen molar-refractivity contribution in [1.82, 2.24) is 5.01 Å². The van der Waals surface area contributed by atoms with Crippen molar-refractivity contribution in [3.8, 4) is 5.75 Å². The second kappa shape index (κ2) is 7.75. The molecule has 0 bridgehead atoms. The van der Waals surface area contributed by atoms with Gasteiger partial charge in [0, 0.05) is 10.7 Å². The number of nitrogens with one attached hydrogen (secondary N) is 1. The van der Waals surface area contributed by atoms with E-state index < -0.39 is 29.8 Å². The van der Waals surface area contributed by atoms with E-state index in [1.165, 1.54) is 5.01 Å². The molecule has 0 radical (unpaired) electrons. The molecule has 0 aromatic heterocycles. The van der Waals surface area contributed by atoms with E-state index >= 15 is 0 Å². The van der Waals surface area contributed by atoms with Crippen molar-refractivity contribution >= 4 is 40.7 Å². The fraction of sp³-hybridized carbons (Fsp3) is 0.250. The van der Waals surface area contributed by atoms with Crippen LogP contribution in [0.25, 0.3) is 0 Å². The van der Waals surface area contributed by atoms with Gasteiger partial charge >= 0.3 is 0 Å². The zero-order chi connectivity index (χ0) is 21.4. The third-order valence-corrected chi connectivity index (χ3v) is 5.36. The van der Waals surface area contributed by atoms with Gasteiger partial charge in [0.25, 0.3) is 11.8 Å². The Morgan fingerprint density at radius 2 is 1.90 bits per heavy atom. The number of imide groups is 1. The Kier molecular flexibility index (Phi) is 5.13. The first-order chi connectivity index (χ1) is 14.4. The van der Waals surface area contributed by atoms with Crippen LogP contribution in [0.1, 0.15) is 5.56 Å². The molecule has 3 amide bonds. The summed E-state index contributed by atoms with van der Waals surface area (Å²) >= 11 is 6.14. The van der Waals surface area contributed by atoms with Crippen molar-refractivity contribution in [1.29, 1.82) is 0 Å². The average Bonchev–Trinajstić information content (AvgIpc) is 3.24. The van der Waals surface area contributed by atoms with Crippen molar-refractivity contribution in [2.24, 2.45) is 10.3 Å². The third-order valence-electron chi connectivity index (χ3n) is 4.95. The minimum atomic E-state index is -0.980. The summed E-state index contributed by atoms with van der Waals surface area (Å²) in [5, 5.41) is 12.2. The van der Waals surface area contributed by atoms with Crippen LogP contribution in [0.4, 0.5) is 11.4 Å². The highest BCUT2D eigenvalue weighted by atomic mass is 35.5. The molecule has 4 rings (SSSR count). The van der Waals surface area contributed by atoms with Crippen LogP contribution in [-0.4, -0.2) is 48.5 Å². The Labute approximate surface area is 177 Å². The monoisotopic (exact) mass is 427 g/mol. The number of nitrogens with zero attached hydrogens (tertiary/aromatic N) is 4. The maximum atomic E-state index is 13.0. The molecule has 9 nitrogen and oxygen atoms in total. The number of hydrogen-bond donors (Lipinski definition) is 1. The molecule has 154 valence electrons. The highest BCUT2D eigenvalue weighted by Gasteiger charge is 2.55. The summed E-state index contributed by atoms with van der Waals surface area (Å²) in [4.78, 5) is 39.2. The van der Waals surface area contributed by atoms with Crippen molar-refractivity contribution in [3.63, 3.8) is 0 Å². The summed E-state index contributed by atoms with van der Waals surface area (Å²) in [6.07, 6.45) is 0. The fourth-order valence-corrected chi connectivity index (χ4v) is 3.53. The first-order valence-corrected chi connectivity index (χ1v) is 9.52. The Hall–Kier alpha value is -3.46. The van der Waals surface area contributed by atoms with E-state index in [1.54, 1.807) is 49.6 Å². The molecule has 10 heteroatoms. The van der Waals surface area contributed by atoms with Gasteiger partial charge in [0.05, 0.1) is 12.8 Å². The van der Waals surface area contributed by atoms with Gasteiger partial charge in [-0.15, -0.1) is 0 Å². The maximum Gasteiger partial charge on any atom is 0.263 e. The van der Waals surface area contributed by atoms with Crippen LogP contribution in [-0.2, 0) is 14.4 Å². The van der Waals surface area contributed by atoms with Crippen LogP contribution >= 0.6 is 11.6 Å². The smallest absolute Gasteiger partial charge is 0.263 e. The van der Waals surface area contributed by atoms with Crippen molar-refractivity contribution in [2.75, 3.05) is 23.9 Å². The number of hydrogen-bond acceptors (Lipinski definition) is 7. The zero-order valence-electron chi connectivity index (χ0n) is 16.2. The summed E-state index contributed by atoms with van der Waals surface area (Å²) in [5.74, 6) is -0.716. The Bertz CT molecular complexity index is 1060. The van der Waals surface area contributed by atoms with Gasteiger partial charge < -0.3 is 10.1 Å². The van der Waals surface area contributed by atoms with E-state index in [4.69, 9.17) is 16.3 Å². The maximum absolute atomic E-state index is 13.0. The van der Waals surface area contributed by atoms with Gasteiger partial charge in [0.2, 0.25) is 5.91 Å². The molecule has 1 fully saturated rings. The van der Waals surface area contributed by atoms with E-state index in [1.807, 2.05) is 6.92 Å². The lowest BCUT2D eigenvalue weighted by Crippen LogP contribution is -2.43. The topological polar surface area (TPSA) is 104 Å². The zero-order valence-corrected chi connectivity index (χ0v) is 17.0. The minimum absolute atomic E-state index is 0.224. The first kappa shape index (κ1) is 19.8. The average molecular weight is 428 g/mol. The molecule has 2 aliphatic heterocycles. The molecule has 2 aromatic carbocycles. The van der Waals surface area contributed by atoms with Crippen LogP contribution < -0.4 is 15.0 Å². The number of rotatable bonds is 5. The van der Waals surface area contributed by atoms with Crippen LogP contribution in [0.2, 0.25) is 5.02 Å². The lowest BCUT2D eigenvalue weighted by Gasteiger charge is -2.20. The molecule has 0 unspecified atom stereocenters. The predicted octanol–water partition coefficient (Wildman–Crippen LogP) is 2.59. The largest absolute Gasteiger partial charge is 0.497 e. The lowest BCUT2D eigenvalue weighted by atomic mass is 10.1. The van der Waals surface area contributed by atoms with E-state index in [0.29, 0.717) is 22.1 Å². The number of methoxy groups -OCH3 is 1. The van der Waals surface area contributed by atoms with Gasteiger partial charge in [0.1, 0.15) is 12.3 Å². The van der Waals surface area contributed by atoms with Gasteiger partial charge in [-0.25, -0.2) is 4.90 Å². The molecular formula is C20H18ClN5O4. The molecule has 0 aliphatic carbocycles. The van der Waals surface area contributed by atoms with E-state index in [-0.39, 0.29) is 6.54 Å². The fourth-order valence-electron chi connectivity index (χ4n) is 3.35. The number of amides is 3. The van der Waals surface area contributed by atoms with Gasteiger partial charge in [-0.05, 0) is 48.9 Å². The minimum Gasteiger partial charge on any atom is -0.497 e. The quantitative estimate of drug-likeness (QED) is 0.738. The Morgan fingerprint density at radius 3 is 2.57 bits per heavy atom. The summed E-state index contributed by atoms with van der Waals surface area (Å²) in [7, 11) is 1.55. The number of ether oxygens (including phenoxy) is 1. The highest BCUT2D eigenvalue weighted by molar-refractivity contribution is 6.32. The van der Waals surface area contributed by atoms with Crippen molar-refractivity contribution in [2.45, 2.75) is 19.0 Å². The number of anilines is 2. The van der Waals surface area contributed by atoms with Gasteiger partial charge in [0.15, 0.2) is 12.1 Å². The molecule has 1 N–H and O–H groups in total. The summed E-state index contributed by atoms with van der Waals surface area (Å²) < 4.78 is 5.08. The summed E-state index contributed by atoms with van der Waals surface area (Å²) in [6, 6.07) is 9.81. The molecule has 0 saturated carbocycles. The third kappa shape index (κ3) is 3.48. The molecular weight excluding hydrogens is 410 g/mol. The Balaban J connectivity index is 1.47. The summed E-state index contributed by atoms with van der Waals surface area (Å²) in [5.41, 5.74) is 1.77. The van der Waals surface area contributed by atoms with Gasteiger partial charge in [-0.2, -0.15) is 5.11 Å². The molecule has 1 saturated heterocycles. The standard InChI is InChI=1S/C20H18ClN5O4/c1-11-3-6-13(9-15(11)21)26-19(28)17-18(20(26)29)25(24-23-17)10-16(27)22-12-4-7-14(30-2)8-5-12/h3-9,17-18H,10H2,1-2H3,(H,22,27)/t17-,18+/m1/s1. The molecule has 2 heterocycles. The number of aryl methyl sites for hydroxylation is 1. The van der Waals surface area contributed by atoms with Crippen LogP contribution in [0, 0.1) is 6.92 Å². The Morgan fingerprint density at radius 1 is 1.17 bits per heavy atom. The van der Waals surface area contributed by atoms with Crippen LogP contribution in [0.3, 0.4) is 0 Å². The normalized spacial score (nSPS) is 20.0. The first-order valence-electron chi connectivity index (χ1n) is 9.14. The van der Waals surface area contributed by atoms with Crippen LogP contribution in [0.15, 0.2) is 52.8 Å². The molecule has 2 aliphatic rings. The van der Waals surface area contributed by atoms with E-state index in [0.717, 1.165) is 10.5 Å². The van der Waals surface area contributed by atoms with Gasteiger partial charge in [-0.3, -0.25) is 19.4 Å². The lowest BCUT2D eigenvalue weighted by molar-refractivity contribution is -0.123. The molecule has 2 atom stereocenters. The number of halogens is 1. The SMILES string of the molecule is COc1ccc(NC(=O)CN2N=N[C@H]3C(=O)N(c4ccc(C)c(Cl)c4)C(=O)[C@H]32)cc1. The van der Waals surface area contributed by atoms with Gasteiger partial charge in [-0.1, -0.05) is 22.9 Å². The second-order valence-corrected chi connectivity index (χ2v) is 7.32. The second-order valence-electron chi connectivity index (χ2n) is 6.91.